The number of hydrogen-bond donors (Lipinski definition) is 1. The number of phenolic OH excluding ortho intramolecular Hbond substituents is 1. The minimum absolute atomic E-state index is 0.0428. The zero-order chi connectivity index (χ0) is 14.5. The summed E-state index contributed by atoms with van der Waals surface area (Å²) in [4.78, 5) is 12.3. The molecule has 3 nitrogen and oxygen atoms in total. The number of Topliss-reactive ketones (excluding diaryl/α,β-unsaturated/α-hetero) is 1. The molecule has 0 saturated heterocycles. The Morgan fingerprint density at radius 2 is 1.95 bits per heavy atom. The van der Waals surface area contributed by atoms with Crippen molar-refractivity contribution < 1.29 is 9.90 Å². The van der Waals surface area contributed by atoms with Crippen molar-refractivity contribution in [1.29, 1.82) is 5.26 Å². The highest BCUT2D eigenvalue weighted by atomic mass is 16.3. The average molecular weight is 263 g/mol. The number of carbonyl (C=O) groups excluding carboxylic acids is 1. The molecule has 0 aliphatic carbocycles. The summed E-state index contributed by atoms with van der Waals surface area (Å²) in [5.74, 6) is -0.224. The third kappa shape index (κ3) is 3.12. The highest BCUT2D eigenvalue weighted by Crippen LogP contribution is 2.17. The first-order valence-corrected chi connectivity index (χ1v) is 6.12. The summed E-state index contributed by atoms with van der Waals surface area (Å²) >= 11 is 0. The van der Waals surface area contributed by atoms with Crippen LogP contribution in [0.2, 0.25) is 0 Å². The van der Waals surface area contributed by atoms with Crippen molar-refractivity contribution in [1.82, 2.24) is 0 Å². The van der Waals surface area contributed by atoms with E-state index in [9.17, 15) is 9.90 Å². The predicted molar refractivity (Wildman–Crippen MR) is 77.2 cm³/mol. The number of phenols is 1. The second-order valence-electron chi connectivity index (χ2n) is 4.46. The Balaban J connectivity index is 2.38. The number of nitrogens with zero attached hydrogens (tertiary/aromatic N) is 1. The second-order valence-corrected chi connectivity index (χ2v) is 4.46. The number of aryl methyl sites for hydroxylation is 1. The molecule has 0 heterocycles. The molecule has 3 heteroatoms. The SMILES string of the molecule is Cc1cccc(C(=O)/C(C#N)=C\c2cccc(O)c2)c1. The van der Waals surface area contributed by atoms with E-state index >= 15 is 0 Å². The summed E-state index contributed by atoms with van der Waals surface area (Å²) in [6.45, 7) is 1.89. The van der Waals surface area contributed by atoms with Crippen LogP contribution in [0.25, 0.3) is 6.08 Å². The van der Waals surface area contributed by atoms with E-state index in [4.69, 9.17) is 5.26 Å². The number of carbonyl (C=O) groups is 1. The zero-order valence-electron chi connectivity index (χ0n) is 11.0. The molecule has 1 N–H and O–H groups in total. The minimum atomic E-state index is -0.320. The van der Waals surface area contributed by atoms with E-state index < -0.39 is 0 Å². The third-order valence-electron chi connectivity index (χ3n) is 2.83. The molecule has 0 atom stereocenters. The molecule has 98 valence electrons. The van der Waals surface area contributed by atoms with Gasteiger partial charge in [-0.05, 0) is 36.8 Å². The van der Waals surface area contributed by atoms with Gasteiger partial charge in [-0.2, -0.15) is 5.26 Å². The van der Waals surface area contributed by atoms with Gasteiger partial charge in [0.25, 0.3) is 0 Å². The Labute approximate surface area is 117 Å². The zero-order valence-corrected chi connectivity index (χ0v) is 11.0. The van der Waals surface area contributed by atoms with Gasteiger partial charge in [0, 0.05) is 5.56 Å². The van der Waals surface area contributed by atoms with E-state index in [0.717, 1.165) is 5.56 Å². The Morgan fingerprint density at radius 1 is 1.20 bits per heavy atom. The van der Waals surface area contributed by atoms with Crippen LogP contribution in [0.1, 0.15) is 21.5 Å². The lowest BCUT2D eigenvalue weighted by molar-refractivity contribution is 0.104. The van der Waals surface area contributed by atoms with E-state index in [1.165, 1.54) is 18.2 Å². The lowest BCUT2D eigenvalue weighted by atomic mass is 10.0. The van der Waals surface area contributed by atoms with Gasteiger partial charge in [-0.15, -0.1) is 0 Å². The van der Waals surface area contributed by atoms with Gasteiger partial charge in [0.1, 0.15) is 17.4 Å². The van der Waals surface area contributed by atoms with E-state index in [0.29, 0.717) is 11.1 Å². The van der Waals surface area contributed by atoms with Crippen LogP contribution in [0.4, 0.5) is 0 Å². The number of rotatable bonds is 3. The summed E-state index contributed by atoms with van der Waals surface area (Å²) < 4.78 is 0. The maximum atomic E-state index is 12.3. The molecular weight excluding hydrogens is 250 g/mol. The Kier molecular flexibility index (Phi) is 3.97. The van der Waals surface area contributed by atoms with Gasteiger partial charge >= 0.3 is 0 Å². The molecule has 0 spiro atoms. The molecule has 0 unspecified atom stereocenters. The third-order valence-corrected chi connectivity index (χ3v) is 2.83. The first-order valence-electron chi connectivity index (χ1n) is 6.12. The summed E-state index contributed by atoms with van der Waals surface area (Å²) in [5, 5.41) is 18.5. The molecule has 0 fully saturated rings. The van der Waals surface area contributed by atoms with Crippen LogP contribution in [0, 0.1) is 18.3 Å². The lowest BCUT2D eigenvalue weighted by Crippen LogP contribution is -2.02. The molecule has 0 bridgehead atoms. The van der Waals surface area contributed by atoms with Gasteiger partial charge in [0.2, 0.25) is 5.78 Å². The predicted octanol–water partition coefficient (Wildman–Crippen LogP) is 3.49. The minimum Gasteiger partial charge on any atom is -0.508 e. The fourth-order valence-corrected chi connectivity index (χ4v) is 1.87. The summed E-state index contributed by atoms with van der Waals surface area (Å²) in [6.07, 6.45) is 1.48. The number of hydrogen-bond acceptors (Lipinski definition) is 3. The molecule has 2 rings (SSSR count). The molecule has 20 heavy (non-hydrogen) atoms. The van der Waals surface area contributed by atoms with Crippen molar-refractivity contribution in [3.8, 4) is 11.8 Å². The van der Waals surface area contributed by atoms with Crippen molar-refractivity contribution in [3.63, 3.8) is 0 Å². The quantitative estimate of drug-likeness (QED) is 0.524. The molecule has 2 aromatic carbocycles. The molecule has 0 aliphatic heterocycles. The molecule has 2 aromatic rings. The van der Waals surface area contributed by atoms with Crippen LogP contribution in [-0.4, -0.2) is 10.9 Å². The molecule has 0 saturated carbocycles. The van der Waals surface area contributed by atoms with E-state index in [2.05, 4.69) is 0 Å². The van der Waals surface area contributed by atoms with Crippen LogP contribution in [0.15, 0.2) is 54.1 Å². The van der Waals surface area contributed by atoms with Gasteiger partial charge in [0.15, 0.2) is 0 Å². The van der Waals surface area contributed by atoms with Crippen molar-refractivity contribution in [2.45, 2.75) is 6.92 Å². The van der Waals surface area contributed by atoms with Crippen LogP contribution < -0.4 is 0 Å². The van der Waals surface area contributed by atoms with Crippen molar-refractivity contribution in [2.24, 2.45) is 0 Å². The Bertz CT molecular complexity index is 724. The van der Waals surface area contributed by atoms with Crippen LogP contribution in [-0.2, 0) is 0 Å². The Hall–Kier alpha value is -2.86. The van der Waals surface area contributed by atoms with Gasteiger partial charge < -0.3 is 5.11 Å². The molecular formula is C17H13NO2. The van der Waals surface area contributed by atoms with E-state index in [-0.39, 0.29) is 17.1 Å². The summed E-state index contributed by atoms with van der Waals surface area (Å²) in [6, 6.07) is 15.4. The lowest BCUT2D eigenvalue weighted by Gasteiger charge is -2.01. The van der Waals surface area contributed by atoms with Gasteiger partial charge in [-0.1, -0.05) is 35.9 Å². The van der Waals surface area contributed by atoms with Crippen molar-refractivity contribution >= 4 is 11.9 Å². The fraction of sp³-hybridized carbons (Fsp3) is 0.0588. The molecule has 0 aromatic heterocycles. The largest absolute Gasteiger partial charge is 0.508 e. The standard InChI is InChI=1S/C17H13NO2/c1-12-4-2-6-14(8-12)17(20)15(11-18)9-13-5-3-7-16(19)10-13/h2-10,19H,1H3/b15-9-. The highest BCUT2D eigenvalue weighted by Gasteiger charge is 2.12. The topological polar surface area (TPSA) is 61.1 Å². The van der Waals surface area contributed by atoms with Crippen molar-refractivity contribution in [3.05, 3.63) is 70.8 Å². The molecule has 0 amide bonds. The normalized spacial score (nSPS) is 10.9. The van der Waals surface area contributed by atoms with Crippen LogP contribution in [0.5, 0.6) is 5.75 Å². The first kappa shape index (κ1) is 13.6. The number of benzene rings is 2. The van der Waals surface area contributed by atoms with Gasteiger partial charge in [-0.3, -0.25) is 4.79 Å². The van der Waals surface area contributed by atoms with Crippen molar-refractivity contribution in [2.75, 3.05) is 0 Å². The van der Waals surface area contributed by atoms with Gasteiger partial charge in [-0.25, -0.2) is 0 Å². The second kappa shape index (κ2) is 5.85. The maximum Gasteiger partial charge on any atom is 0.203 e. The summed E-state index contributed by atoms with van der Waals surface area (Å²) in [7, 11) is 0. The Morgan fingerprint density at radius 3 is 2.60 bits per heavy atom. The number of aromatic hydroxyl groups is 1. The van der Waals surface area contributed by atoms with E-state index in [1.54, 1.807) is 30.3 Å². The monoisotopic (exact) mass is 263 g/mol. The number of ketones is 1. The molecule has 0 aliphatic rings. The van der Waals surface area contributed by atoms with Crippen LogP contribution in [0.3, 0.4) is 0 Å². The molecule has 0 radical (unpaired) electrons. The van der Waals surface area contributed by atoms with Gasteiger partial charge in [0.05, 0.1) is 0 Å². The average Bonchev–Trinajstić information content (AvgIpc) is 2.44. The highest BCUT2D eigenvalue weighted by molar-refractivity contribution is 6.14. The number of nitriles is 1. The smallest absolute Gasteiger partial charge is 0.203 e. The summed E-state index contributed by atoms with van der Waals surface area (Å²) in [5.41, 5.74) is 2.10. The maximum absolute atomic E-state index is 12.3. The van der Waals surface area contributed by atoms with E-state index in [1.807, 2.05) is 19.1 Å². The van der Waals surface area contributed by atoms with Crippen LogP contribution >= 0.6 is 0 Å². The number of allylic oxidation sites excluding steroid dienone is 1. The fourth-order valence-electron chi connectivity index (χ4n) is 1.87. The first-order chi connectivity index (χ1) is 9.60.